The van der Waals surface area contributed by atoms with Gasteiger partial charge >= 0.3 is 6.01 Å². The van der Waals surface area contributed by atoms with Crippen LogP contribution in [0.3, 0.4) is 0 Å². The van der Waals surface area contributed by atoms with Crippen molar-refractivity contribution in [3.8, 4) is 12.1 Å². The van der Waals surface area contributed by atoms with Crippen LogP contribution in [0.5, 0.6) is 6.01 Å². The van der Waals surface area contributed by atoms with Gasteiger partial charge in [0.05, 0.1) is 37.9 Å². The molecule has 0 bridgehead atoms. The maximum Gasteiger partial charge on any atom is 0.318 e. The first-order chi connectivity index (χ1) is 17.5. The Hall–Kier alpha value is -4.19. The number of hydrogen-bond donors (Lipinski definition) is 0. The van der Waals surface area contributed by atoms with E-state index in [9.17, 15) is 14.4 Å². The lowest BCUT2D eigenvalue weighted by Crippen LogP contribution is -2.55. The number of nitrogens with zero attached hydrogens (tertiary/aromatic N) is 6. The Labute approximate surface area is 209 Å². The summed E-state index contributed by atoms with van der Waals surface area (Å²) in [6.07, 6.45) is 2.25. The number of rotatable bonds is 5. The van der Waals surface area contributed by atoms with Gasteiger partial charge in [-0.2, -0.15) is 15.2 Å². The highest BCUT2D eigenvalue weighted by atomic mass is 19.1. The summed E-state index contributed by atoms with van der Waals surface area (Å²) in [4.78, 5) is 27.8. The lowest BCUT2D eigenvalue weighted by molar-refractivity contribution is -0.128. The summed E-state index contributed by atoms with van der Waals surface area (Å²) in [5.41, 5.74) is 2.96. The number of halogens is 1. The zero-order valence-corrected chi connectivity index (χ0v) is 20.2. The molecule has 1 unspecified atom stereocenters. The molecule has 5 rings (SSSR count). The van der Waals surface area contributed by atoms with Crippen molar-refractivity contribution < 1.29 is 13.9 Å². The van der Waals surface area contributed by atoms with Crippen molar-refractivity contribution in [1.29, 1.82) is 5.26 Å². The molecule has 2 aliphatic heterocycles. The van der Waals surface area contributed by atoms with Gasteiger partial charge in [0.15, 0.2) is 0 Å². The Morgan fingerprint density at radius 1 is 1.25 bits per heavy atom. The predicted molar refractivity (Wildman–Crippen MR) is 135 cm³/mol. The number of carbonyl (C=O) groups excluding carboxylic acids is 1. The molecule has 1 fully saturated rings. The van der Waals surface area contributed by atoms with Crippen LogP contribution in [0.15, 0.2) is 49.1 Å². The normalized spacial score (nSPS) is 17.5. The fraction of sp³-hybridized carbons (Fsp3) is 0.333. The van der Waals surface area contributed by atoms with Crippen LogP contribution in [-0.4, -0.2) is 60.1 Å². The molecule has 184 valence electrons. The van der Waals surface area contributed by atoms with E-state index < -0.39 is 0 Å². The molecule has 9 heteroatoms. The molecule has 0 radical (unpaired) electrons. The third-order valence-electron chi connectivity index (χ3n) is 6.93. The first kappa shape index (κ1) is 23.5. The molecule has 0 spiro atoms. The quantitative estimate of drug-likeness (QED) is 0.511. The molecule has 1 saturated heterocycles. The summed E-state index contributed by atoms with van der Waals surface area (Å²) in [6, 6.07) is 13.0. The molecule has 1 amide bonds. The van der Waals surface area contributed by atoms with Crippen LogP contribution < -0.4 is 14.5 Å². The summed E-state index contributed by atoms with van der Waals surface area (Å²) in [7, 11) is 1.55. The number of benzene rings is 2. The third kappa shape index (κ3) is 4.31. The first-order valence-corrected chi connectivity index (χ1v) is 11.9. The number of nitriles is 1. The number of fused-ring (bicyclic) bond motifs is 2. The van der Waals surface area contributed by atoms with Crippen LogP contribution in [0.4, 0.5) is 15.9 Å². The largest absolute Gasteiger partial charge is 0.467 e. The molecule has 0 aliphatic carbocycles. The van der Waals surface area contributed by atoms with Gasteiger partial charge in [-0.25, -0.2) is 4.39 Å². The molecular formula is C27H27FN6O2. The van der Waals surface area contributed by atoms with Crippen LogP contribution >= 0.6 is 0 Å². The van der Waals surface area contributed by atoms with E-state index in [1.807, 2.05) is 24.3 Å². The van der Waals surface area contributed by atoms with Crippen molar-refractivity contribution in [3.05, 3.63) is 66.1 Å². The Balaban J connectivity index is 1.47. The van der Waals surface area contributed by atoms with E-state index in [1.54, 1.807) is 18.1 Å². The topological polar surface area (TPSA) is 85.6 Å². The van der Waals surface area contributed by atoms with E-state index in [0.717, 1.165) is 46.5 Å². The van der Waals surface area contributed by atoms with Gasteiger partial charge in [-0.05, 0) is 42.1 Å². The number of anilines is 2. The summed E-state index contributed by atoms with van der Waals surface area (Å²) < 4.78 is 19.2. The standard InChI is InChI=1S/C27H27FN6O2/c1-3-25(35)34-14-13-33(16-20(34)9-11-29)26-22-10-12-32(17-23(22)30-27(31-26)36-2)24-6-4-5-18-15-19(28)7-8-21(18)24/h3-8,15,20H,1,9-10,12-14,16-17H2,2H3. The number of amides is 1. The van der Waals surface area contributed by atoms with Gasteiger partial charge in [-0.3, -0.25) is 4.79 Å². The van der Waals surface area contributed by atoms with Crippen molar-refractivity contribution in [2.45, 2.75) is 25.4 Å². The molecule has 2 aliphatic rings. The molecule has 8 nitrogen and oxygen atoms in total. The zero-order valence-electron chi connectivity index (χ0n) is 20.2. The highest BCUT2D eigenvalue weighted by molar-refractivity contribution is 5.94. The minimum atomic E-state index is -0.254. The van der Waals surface area contributed by atoms with Crippen LogP contribution in [0.25, 0.3) is 10.8 Å². The molecule has 3 heterocycles. The van der Waals surface area contributed by atoms with Crippen molar-refractivity contribution in [1.82, 2.24) is 14.9 Å². The second-order valence-corrected chi connectivity index (χ2v) is 8.97. The van der Waals surface area contributed by atoms with Crippen LogP contribution in [0.1, 0.15) is 17.7 Å². The Bertz CT molecular complexity index is 1370. The Morgan fingerprint density at radius 3 is 2.89 bits per heavy atom. The van der Waals surface area contributed by atoms with Crippen LogP contribution in [-0.2, 0) is 17.8 Å². The highest BCUT2D eigenvalue weighted by Crippen LogP contribution is 2.35. The minimum absolute atomic E-state index is 0.164. The molecule has 1 aromatic heterocycles. The second-order valence-electron chi connectivity index (χ2n) is 8.97. The Kier molecular flexibility index (Phi) is 6.42. The van der Waals surface area contributed by atoms with E-state index in [1.165, 1.54) is 12.1 Å². The van der Waals surface area contributed by atoms with Crippen molar-refractivity contribution >= 4 is 28.2 Å². The molecule has 0 saturated carbocycles. The number of piperazine rings is 1. The summed E-state index contributed by atoms with van der Waals surface area (Å²) in [5, 5.41) is 11.2. The molecule has 0 N–H and O–H groups in total. The third-order valence-corrected chi connectivity index (χ3v) is 6.93. The maximum absolute atomic E-state index is 13.8. The molecule has 36 heavy (non-hydrogen) atoms. The highest BCUT2D eigenvalue weighted by Gasteiger charge is 2.33. The number of methoxy groups -OCH3 is 1. The molecular weight excluding hydrogens is 459 g/mol. The van der Waals surface area contributed by atoms with E-state index >= 15 is 0 Å². The minimum Gasteiger partial charge on any atom is -0.467 e. The summed E-state index contributed by atoms with van der Waals surface area (Å²) >= 11 is 0. The Morgan fingerprint density at radius 2 is 2.11 bits per heavy atom. The van der Waals surface area contributed by atoms with Gasteiger partial charge in [0.2, 0.25) is 5.91 Å². The van der Waals surface area contributed by atoms with E-state index in [-0.39, 0.29) is 30.2 Å². The average Bonchev–Trinajstić information content (AvgIpc) is 2.91. The first-order valence-electron chi connectivity index (χ1n) is 11.9. The van der Waals surface area contributed by atoms with Crippen molar-refractivity contribution in [3.63, 3.8) is 0 Å². The number of carbonyl (C=O) groups is 1. The van der Waals surface area contributed by atoms with Crippen molar-refractivity contribution in [2.75, 3.05) is 43.1 Å². The zero-order chi connectivity index (χ0) is 25.2. The van der Waals surface area contributed by atoms with Gasteiger partial charge < -0.3 is 19.4 Å². The fourth-order valence-electron chi connectivity index (χ4n) is 5.20. The second kappa shape index (κ2) is 9.82. The predicted octanol–water partition coefficient (Wildman–Crippen LogP) is 3.46. The van der Waals surface area contributed by atoms with Gasteiger partial charge in [0, 0.05) is 42.8 Å². The van der Waals surface area contributed by atoms with Gasteiger partial charge in [0.1, 0.15) is 11.6 Å². The van der Waals surface area contributed by atoms with Crippen molar-refractivity contribution in [2.24, 2.45) is 0 Å². The summed E-state index contributed by atoms with van der Waals surface area (Å²) in [5.74, 6) is 0.378. The maximum atomic E-state index is 13.8. The molecule has 1 atom stereocenters. The number of hydrogen-bond acceptors (Lipinski definition) is 7. The van der Waals surface area contributed by atoms with E-state index in [0.29, 0.717) is 26.2 Å². The van der Waals surface area contributed by atoms with Gasteiger partial charge in [-0.1, -0.05) is 18.7 Å². The van der Waals surface area contributed by atoms with E-state index in [4.69, 9.17) is 9.72 Å². The lowest BCUT2D eigenvalue weighted by atomic mass is 10.0. The lowest BCUT2D eigenvalue weighted by Gasteiger charge is -2.42. The number of aromatic nitrogens is 2. The average molecular weight is 487 g/mol. The molecule has 2 aromatic carbocycles. The smallest absolute Gasteiger partial charge is 0.318 e. The van der Waals surface area contributed by atoms with Gasteiger partial charge in [0.25, 0.3) is 0 Å². The molecule has 3 aromatic rings. The van der Waals surface area contributed by atoms with Crippen LogP contribution in [0, 0.1) is 17.1 Å². The number of ether oxygens (including phenoxy) is 1. The monoisotopic (exact) mass is 486 g/mol. The summed E-state index contributed by atoms with van der Waals surface area (Å²) in [6.45, 7) is 6.48. The van der Waals surface area contributed by atoms with Gasteiger partial charge in [-0.15, -0.1) is 0 Å². The van der Waals surface area contributed by atoms with Crippen LogP contribution in [0.2, 0.25) is 0 Å². The fourth-order valence-corrected chi connectivity index (χ4v) is 5.20. The SMILES string of the molecule is C=CC(=O)N1CCN(c2nc(OC)nc3c2CCN(c2cccc4cc(F)ccc24)C3)CC1CC#N. The van der Waals surface area contributed by atoms with E-state index in [2.05, 4.69) is 27.4 Å².